The lowest BCUT2D eigenvalue weighted by Crippen LogP contribution is -2.01. The Bertz CT molecular complexity index is 475. The SMILES string of the molecule is Nc1ccc2nc(OCCCl)ncc2c1. The highest BCUT2D eigenvalue weighted by atomic mass is 35.5. The molecule has 1 aromatic carbocycles. The third-order valence-electron chi connectivity index (χ3n) is 1.89. The number of halogens is 1. The lowest BCUT2D eigenvalue weighted by atomic mass is 10.2. The number of nitrogens with zero attached hydrogens (tertiary/aromatic N) is 2. The first-order valence-corrected chi connectivity index (χ1v) is 5.04. The summed E-state index contributed by atoms with van der Waals surface area (Å²) in [5.41, 5.74) is 7.14. The number of nitrogens with two attached hydrogens (primary N) is 1. The summed E-state index contributed by atoms with van der Waals surface area (Å²) < 4.78 is 5.21. The van der Waals surface area contributed by atoms with Gasteiger partial charge in [0.15, 0.2) is 0 Å². The summed E-state index contributed by atoms with van der Waals surface area (Å²) in [4.78, 5) is 8.24. The van der Waals surface area contributed by atoms with Crippen LogP contribution in [-0.4, -0.2) is 22.5 Å². The van der Waals surface area contributed by atoms with Gasteiger partial charge >= 0.3 is 6.01 Å². The molecule has 2 aromatic rings. The fraction of sp³-hybridized carbons (Fsp3) is 0.200. The number of nitrogen functional groups attached to an aromatic ring is 1. The Hall–Kier alpha value is -1.55. The lowest BCUT2D eigenvalue weighted by Gasteiger charge is -2.03. The lowest BCUT2D eigenvalue weighted by molar-refractivity contribution is 0.316. The Balaban J connectivity index is 2.34. The topological polar surface area (TPSA) is 61.0 Å². The first-order valence-electron chi connectivity index (χ1n) is 4.50. The van der Waals surface area contributed by atoms with Crippen LogP contribution >= 0.6 is 11.6 Å². The summed E-state index contributed by atoms with van der Waals surface area (Å²) in [5.74, 6) is 0.420. The molecule has 0 aliphatic rings. The van der Waals surface area contributed by atoms with Crippen molar-refractivity contribution in [2.75, 3.05) is 18.2 Å². The van der Waals surface area contributed by atoms with Gasteiger partial charge in [-0.1, -0.05) is 0 Å². The Kier molecular flexibility index (Phi) is 2.87. The van der Waals surface area contributed by atoms with E-state index in [1.54, 1.807) is 12.3 Å². The number of ether oxygens (including phenoxy) is 1. The van der Waals surface area contributed by atoms with Gasteiger partial charge < -0.3 is 10.5 Å². The van der Waals surface area contributed by atoms with Crippen molar-refractivity contribution in [3.63, 3.8) is 0 Å². The maximum atomic E-state index is 5.64. The number of rotatable bonds is 3. The van der Waals surface area contributed by atoms with Crippen molar-refractivity contribution in [1.29, 1.82) is 0 Å². The molecule has 0 radical (unpaired) electrons. The molecule has 4 nitrogen and oxygen atoms in total. The predicted molar refractivity (Wildman–Crippen MR) is 60.2 cm³/mol. The van der Waals surface area contributed by atoms with Crippen molar-refractivity contribution in [3.05, 3.63) is 24.4 Å². The average molecular weight is 224 g/mol. The van der Waals surface area contributed by atoms with E-state index in [0.717, 1.165) is 10.9 Å². The Morgan fingerprint density at radius 2 is 2.27 bits per heavy atom. The zero-order chi connectivity index (χ0) is 10.7. The summed E-state index contributed by atoms with van der Waals surface area (Å²) in [7, 11) is 0. The molecule has 1 heterocycles. The summed E-state index contributed by atoms with van der Waals surface area (Å²) in [6.07, 6.45) is 1.68. The van der Waals surface area contributed by atoms with Gasteiger partial charge in [0.25, 0.3) is 0 Å². The third-order valence-corrected chi connectivity index (χ3v) is 2.04. The van der Waals surface area contributed by atoms with Crippen molar-refractivity contribution >= 4 is 28.2 Å². The van der Waals surface area contributed by atoms with Gasteiger partial charge in [-0.2, -0.15) is 4.98 Å². The van der Waals surface area contributed by atoms with Crippen molar-refractivity contribution < 1.29 is 4.74 Å². The minimum atomic E-state index is 0.341. The van der Waals surface area contributed by atoms with E-state index in [1.165, 1.54) is 0 Å². The van der Waals surface area contributed by atoms with Crippen molar-refractivity contribution in [2.24, 2.45) is 0 Å². The van der Waals surface area contributed by atoms with Crippen LogP contribution in [0, 0.1) is 0 Å². The molecule has 1 aromatic heterocycles. The number of aromatic nitrogens is 2. The number of fused-ring (bicyclic) bond motifs is 1. The molecule has 0 aliphatic carbocycles. The van der Waals surface area contributed by atoms with Gasteiger partial charge in [0.1, 0.15) is 6.61 Å². The zero-order valence-electron chi connectivity index (χ0n) is 7.98. The van der Waals surface area contributed by atoms with E-state index >= 15 is 0 Å². The van der Waals surface area contributed by atoms with E-state index in [0.29, 0.717) is 24.2 Å². The van der Waals surface area contributed by atoms with Gasteiger partial charge in [0, 0.05) is 17.3 Å². The van der Waals surface area contributed by atoms with Crippen LogP contribution in [0.25, 0.3) is 10.9 Å². The van der Waals surface area contributed by atoms with Gasteiger partial charge in [-0.05, 0) is 18.2 Å². The monoisotopic (exact) mass is 223 g/mol. The molecule has 0 atom stereocenters. The van der Waals surface area contributed by atoms with Crippen molar-refractivity contribution in [1.82, 2.24) is 9.97 Å². The summed E-state index contributed by atoms with van der Waals surface area (Å²) in [5, 5.41) is 0.897. The summed E-state index contributed by atoms with van der Waals surface area (Å²) in [6, 6.07) is 5.79. The Morgan fingerprint density at radius 1 is 1.40 bits per heavy atom. The number of hydrogen-bond acceptors (Lipinski definition) is 4. The number of benzene rings is 1. The summed E-state index contributed by atoms with van der Waals surface area (Å²) in [6.45, 7) is 0.405. The second-order valence-corrected chi connectivity index (χ2v) is 3.39. The fourth-order valence-corrected chi connectivity index (χ4v) is 1.31. The Morgan fingerprint density at radius 3 is 3.07 bits per heavy atom. The van der Waals surface area contributed by atoms with Crippen LogP contribution in [0.3, 0.4) is 0 Å². The van der Waals surface area contributed by atoms with Crippen LogP contribution in [0.15, 0.2) is 24.4 Å². The number of alkyl halides is 1. The van der Waals surface area contributed by atoms with Crippen LogP contribution < -0.4 is 10.5 Å². The normalized spacial score (nSPS) is 10.5. The molecule has 0 unspecified atom stereocenters. The molecular formula is C10H10ClN3O. The quantitative estimate of drug-likeness (QED) is 0.637. The molecule has 0 saturated heterocycles. The van der Waals surface area contributed by atoms with E-state index in [2.05, 4.69) is 9.97 Å². The van der Waals surface area contributed by atoms with Crippen LogP contribution in [-0.2, 0) is 0 Å². The van der Waals surface area contributed by atoms with Crippen molar-refractivity contribution in [3.8, 4) is 6.01 Å². The molecule has 15 heavy (non-hydrogen) atoms. The highest BCUT2D eigenvalue weighted by molar-refractivity contribution is 6.17. The number of anilines is 1. The van der Waals surface area contributed by atoms with E-state index in [-0.39, 0.29) is 0 Å². The minimum absolute atomic E-state index is 0.341. The molecule has 0 bridgehead atoms. The highest BCUT2D eigenvalue weighted by Crippen LogP contribution is 2.16. The molecule has 0 aliphatic heterocycles. The van der Waals surface area contributed by atoms with E-state index in [1.807, 2.05) is 12.1 Å². The maximum absolute atomic E-state index is 5.64. The second-order valence-electron chi connectivity index (χ2n) is 3.01. The minimum Gasteiger partial charge on any atom is -0.462 e. The van der Waals surface area contributed by atoms with Crippen LogP contribution in [0.4, 0.5) is 5.69 Å². The van der Waals surface area contributed by atoms with Gasteiger partial charge in [-0.15, -0.1) is 11.6 Å². The molecule has 2 rings (SSSR count). The zero-order valence-corrected chi connectivity index (χ0v) is 8.74. The second kappa shape index (κ2) is 4.31. The standard InChI is InChI=1S/C10H10ClN3O/c11-3-4-15-10-13-6-7-5-8(12)1-2-9(7)14-10/h1-2,5-6H,3-4,12H2. The van der Waals surface area contributed by atoms with Crippen LogP contribution in [0.1, 0.15) is 0 Å². The molecule has 5 heteroatoms. The number of hydrogen-bond donors (Lipinski definition) is 1. The highest BCUT2D eigenvalue weighted by Gasteiger charge is 2.00. The molecular weight excluding hydrogens is 214 g/mol. The fourth-order valence-electron chi connectivity index (χ4n) is 1.23. The first kappa shape index (κ1) is 9.98. The van der Waals surface area contributed by atoms with Gasteiger partial charge in [-0.3, -0.25) is 0 Å². The van der Waals surface area contributed by atoms with Crippen LogP contribution in [0.5, 0.6) is 6.01 Å². The van der Waals surface area contributed by atoms with Crippen LogP contribution in [0.2, 0.25) is 0 Å². The maximum Gasteiger partial charge on any atom is 0.316 e. The molecule has 0 saturated carbocycles. The van der Waals surface area contributed by atoms with Crippen molar-refractivity contribution in [2.45, 2.75) is 0 Å². The first-order chi connectivity index (χ1) is 7.29. The molecule has 0 spiro atoms. The van der Waals surface area contributed by atoms with Gasteiger partial charge in [0.2, 0.25) is 0 Å². The Labute approximate surface area is 92.0 Å². The van der Waals surface area contributed by atoms with Gasteiger partial charge in [-0.25, -0.2) is 4.98 Å². The predicted octanol–water partition coefficient (Wildman–Crippen LogP) is 1.83. The molecule has 78 valence electrons. The molecule has 0 fully saturated rings. The average Bonchev–Trinajstić information content (AvgIpc) is 2.26. The van der Waals surface area contributed by atoms with Gasteiger partial charge in [0.05, 0.1) is 11.4 Å². The largest absolute Gasteiger partial charge is 0.462 e. The van der Waals surface area contributed by atoms with E-state index in [9.17, 15) is 0 Å². The van der Waals surface area contributed by atoms with E-state index < -0.39 is 0 Å². The summed E-state index contributed by atoms with van der Waals surface area (Å²) >= 11 is 5.49. The molecule has 0 amide bonds. The smallest absolute Gasteiger partial charge is 0.316 e. The van der Waals surface area contributed by atoms with E-state index in [4.69, 9.17) is 22.1 Å². The molecule has 2 N–H and O–H groups in total. The third kappa shape index (κ3) is 2.27.